The molecule has 1 aromatic heterocycles. The van der Waals surface area contributed by atoms with Crippen LogP contribution in [0.5, 0.6) is 0 Å². The van der Waals surface area contributed by atoms with E-state index >= 15 is 0 Å². The number of rotatable bonds is 7. The summed E-state index contributed by atoms with van der Waals surface area (Å²) in [5, 5.41) is 0.552. The number of carbonyl (C=O) groups excluding carboxylic acids is 1. The Balaban J connectivity index is 1.76. The highest BCUT2D eigenvalue weighted by Gasteiger charge is 2.30. The molecule has 8 heteroatoms. The molecule has 0 unspecified atom stereocenters. The van der Waals surface area contributed by atoms with Crippen molar-refractivity contribution in [3.63, 3.8) is 0 Å². The first kappa shape index (κ1) is 21.5. The van der Waals surface area contributed by atoms with Crippen LogP contribution in [0.25, 0.3) is 10.9 Å². The van der Waals surface area contributed by atoms with Crippen molar-refractivity contribution >= 4 is 28.6 Å². The third-order valence-electron chi connectivity index (χ3n) is 5.22. The maximum Gasteiger partial charge on any atom is 0.262 e. The number of para-hydroxylation sites is 1. The van der Waals surface area contributed by atoms with E-state index in [1.165, 1.54) is 11.8 Å². The van der Waals surface area contributed by atoms with Crippen LogP contribution in [0, 0.1) is 0 Å². The molecule has 0 aliphatic carbocycles. The SMILES string of the molecule is COCCn1c(S[C@@H](C(=O)N2CCOCC2)c2ccccc2)nc2ccccc2c1=O. The molecule has 0 bridgehead atoms. The minimum Gasteiger partial charge on any atom is -0.383 e. The molecule has 0 spiro atoms. The molecule has 1 fully saturated rings. The average molecular weight is 440 g/mol. The van der Waals surface area contributed by atoms with Crippen molar-refractivity contribution in [1.82, 2.24) is 14.5 Å². The van der Waals surface area contributed by atoms with Gasteiger partial charge in [0.15, 0.2) is 5.16 Å². The van der Waals surface area contributed by atoms with Crippen molar-refractivity contribution in [3.05, 3.63) is 70.5 Å². The summed E-state index contributed by atoms with van der Waals surface area (Å²) in [5.41, 5.74) is 1.37. The second-order valence-corrected chi connectivity index (χ2v) is 8.28. The number of fused-ring (bicyclic) bond motifs is 1. The number of carbonyl (C=O) groups is 1. The van der Waals surface area contributed by atoms with Gasteiger partial charge in [-0.25, -0.2) is 4.98 Å². The van der Waals surface area contributed by atoms with Gasteiger partial charge in [-0.05, 0) is 17.7 Å². The van der Waals surface area contributed by atoms with Crippen molar-refractivity contribution in [2.24, 2.45) is 0 Å². The van der Waals surface area contributed by atoms with Crippen LogP contribution in [-0.2, 0) is 20.8 Å². The molecule has 1 aliphatic rings. The van der Waals surface area contributed by atoms with Gasteiger partial charge >= 0.3 is 0 Å². The summed E-state index contributed by atoms with van der Waals surface area (Å²) in [6, 6.07) is 16.9. The van der Waals surface area contributed by atoms with Crippen molar-refractivity contribution in [3.8, 4) is 0 Å². The minimum absolute atomic E-state index is 0.000184. The number of hydrogen-bond donors (Lipinski definition) is 0. The Morgan fingerprint density at radius 1 is 1.13 bits per heavy atom. The van der Waals surface area contributed by atoms with Crippen LogP contribution >= 0.6 is 11.8 Å². The van der Waals surface area contributed by atoms with Crippen LogP contribution in [0.15, 0.2) is 64.5 Å². The maximum atomic E-state index is 13.5. The molecule has 1 saturated heterocycles. The fraction of sp³-hybridized carbons (Fsp3) is 0.348. The number of thioether (sulfide) groups is 1. The fourth-order valence-corrected chi connectivity index (χ4v) is 4.77. The number of aromatic nitrogens is 2. The fourth-order valence-electron chi connectivity index (χ4n) is 3.56. The van der Waals surface area contributed by atoms with E-state index in [4.69, 9.17) is 14.5 Å². The van der Waals surface area contributed by atoms with E-state index in [-0.39, 0.29) is 11.5 Å². The summed E-state index contributed by atoms with van der Waals surface area (Å²) in [4.78, 5) is 33.3. The summed E-state index contributed by atoms with van der Waals surface area (Å²) in [5.74, 6) is 0.000184. The lowest BCUT2D eigenvalue weighted by atomic mass is 10.1. The molecule has 7 nitrogen and oxygen atoms in total. The maximum absolute atomic E-state index is 13.5. The van der Waals surface area contributed by atoms with E-state index in [9.17, 15) is 9.59 Å². The Kier molecular flexibility index (Phi) is 7.01. The molecule has 1 aliphatic heterocycles. The molecule has 162 valence electrons. The number of morpholine rings is 1. The second-order valence-electron chi connectivity index (χ2n) is 7.21. The molecule has 1 amide bonds. The van der Waals surface area contributed by atoms with Gasteiger partial charge in [0, 0.05) is 20.2 Å². The van der Waals surface area contributed by atoms with Gasteiger partial charge in [-0.3, -0.25) is 14.2 Å². The van der Waals surface area contributed by atoms with Crippen LogP contribution in [0.4, 0.5) is 0 Å². The quantitative estimate of drug-likeness (QED) is 0.416. The molecule has 0 N–H and O–H groups in total. The van der Waals surface area contributed by atoms with Gasteiger partial charge in [0.25, 0.3) is 5.56 Å². The topological polar surface area (TPSA) is 73.7 Å². The molecular formula is C23H25N3O4S. The smallest absolute Gasteiger partial charge is 0.262 e. The lowest BCUT2D eigenvalue weighted by molar-refractivity contribution is -0.134. The molecule has 3 aromatic rings. The van der Waals surface area contributed by atoms with Gasteiger partial charge in [0.05, 0.1) is 37.3 Å². The summed E-state index contributed by atoms with van der Waals surface area (Å²) >= 11 is 1.31. The van der Waals surface area contributed by atoms with Gasteiger partial charge in [-0.1, -0.05) is 54.2 Å². The van der Waals surface area contributed by atoms with Crippen LogP contribution in [0.1, 0.15) is 10.8 Å². The number of nitrogens with zero attached hydrogens (tertiary/aromatic N) is 3. The summed E-state index contributed by atoms with van der Waals surface area (Å²) < 4.78 is 12.2. The highest BCUT2D eigenvalue weighted by atomic mass is 32.2. The number of hydrogen-bond acceptors (Lipinski definition) is 6. The standard InChI is InChI=1S/C23H25N3O4S/c1-29-14-13-26-21(27)18-9-5-6-10-19(18)24-23(26)31-20(17-7-3-2-4-8-17)22(28)25-11-15-30-16-12-25/h2-10,20H,11-16H2,1H3/t20-/m1/s1. The largest absolute Gasteiger partial charge is 0.383 e. The first-order valence-electron chi connectivity index (χ1n) is 10.3. The Morgan fingerprint density at radius 3 is 2.58 bits per heavy atom. The van der Waals surface area contributed by atoms with E-state index < -0.39 is 5.25 Å². The molecule has 1 atom stereocenters. The highest BCUT2D eigenvalue weighted by Crippen LogP contribution is 2.36. The van der Waals surface area contributed by atoms with Gasteiger partial charge in [-0.2, -0.15) is 0 Å². The lowest BCUT2D eigenvalue weighted by Gasteiger charge is -2.30. The first-order chi connectivity index (χ1) is 15.2. The number of benzene rings is 2. The molecule has 0 saturated carbocycles. The Bertz CT molecular complexity index is 1100. The Labute approximate surface area is 185 Å². The van der Waals surface area contributed by atoms with Crippen molar-refractivity contribution in [2.75, 3.05) is 40.0 Å². The average Bonchev–Trinajstić information content (AvgIpc) is 2.83. The van der Waals surface area contributed by atoms with E-state index in [2.05, 4.69) is 0 Å². The van der Waals surface area contributed by atoms with Crippen LogP contribution in [-0.4, -0.2) is 60.4 Å². The van der Waals surface area contributed by atoms with E-state index in [0.717, 1.165) is 5.56 Å². The zero-order valence-electron chi connectivity index (χ0n) is 17.4. The third-order valence-corrected chi connectivity index (χ3v) is 6.45. The Morgan fingerprint density at radius 2 is 1.84 bits per heavy atom. The molecular weight excluding hydrogens is 414 g/mol. The molecule has 2 heterocycles. The highest BCUT2D eigenvalue weighted by molar-refractivity contribution is 8.00. The second kappa shape index (κ2) is 10.1. The van der Waals surface area contributed by atoms with Crippen molar-refractivity contribution < 1.29 is 14.3 Å². The third kappa shape index (κ3) is 4.81. The predicted octanol–water partition coefficient (Wildman–Crippen LogP) is 2.74. The predicted molar refractivity (Wildman–Crippen MR) is 120 cm³/mol. The Hall–Kier alpha value is -2.68. The van der Waals surface area contributed by atoms with Crippen molar-refractivity contribution in [2.45, 2.75) is 17.0 Å². The first-order valence-corrected chi connectivity index (χ1v) is 11.1. The number of amides is 1. The normalized spacial score (nSPS) is 15.2. The van der Waals surface area contributed by atoms with Crippen LogP contribution in [0.2, 0.25) is 0 Å². The van der Waals surface area contributed by atoms with Gasteiger partial charge in [0.2, 0.25) is 5.91 Å². The summed E-state index contributed by atoms with van der Waals surface area (Å²) in [6.45, 7) is 2.92. The van der Waals surface area contributed by atoms with E-state index in [1.54, 1.807) is 17.7 Å². The molecule has 0 radical (unpaired) electrons. The van der Waals surface area contributed by atoms with Gasteiger partial charge in [-0.15, -0.1) is 0 Å². The summed E-state index contributed by atoms with van der Waals surface area (Å²) in [7, 11) is 1.60. The van der Waals surface area contributed by atoms with Gasteiger partial charge < -0.3 is 14.4 Å². The number of ether oxygens (including phenoxy) is 2. The van der Waals surface area contributed by atoms with Gasteiger partial charge in [0.1, 0.15) is 5.25 Å². The van der Waals surface area contributed by atoms with Crippen LogP contribution < -0.4 is 5.56 Å². The van der Waals surface area contributed by atoms with E-state index in [1.807, 2.05) is 53.4 Å². The minimum atomic E-state index is -0.513. The van der Waals surface area contributed by atoms with E-state index in [0.29, 0.717) is 55.5 Å². The van der Waals surface area contributed by atoms with Crippen molar-refractivity contribution in [1.29, 1.82) is 0 Å². The number of methoxy groups -OCH3 is 1. The lowest BCUT2D eigenvalue weighted by Crippen LogP contribution is -2.42. The molecule has 4 rings (SSSR count). The van der Waals surface area contributed by atoms with Crippen LogP contribution in [0.3, 0.4) is 0 Å². The molecule has 2 aromatic carbocycles. The zero-order chi connectivity index (χ0) is 21.6. The monoisotopic (exact) mass is 439 g/mol. The zero-order valence-corrected chi connectivity index (χ0v) is 18.2. The molecule has 31 heavy (non-hydrogen) atoms. The summed E-state index contributed by atoms with van der Waals surface area (Å²) in [6.07, 6.45) is 0.